The van der Waals surface area contributed by atoms with Gasteiger partial charge in [-0.15, -0.1) is 0 Å². The van der Waals surface area contributed by atoms with Gasteiger partial charge in [0, 0.05) is 31.5 Å². The van der Waals surface area contributed by atoms with Crippen LogP contribution in [0.1, 0.15) is 33.2 Å². The third-order valence-corrected chi connectivity index (χ3v) is 2.68. The summed E-state index contributed by atoms with van der Waals surface area (Å²) in [5.41, 5.74) is -0.181. The van der Waals surface area contributed by atoms with Crippen LogP contribution in [0.25, 0.3) is 0 Å². The van der Waals surface area contributed by atoms with Crippen LogP contribution in [0.15, 0.2) is 17.2 Å². The van der Waals surface area contributed by atoms with E-state index < -0.39 is 5.97 Å². The lowest BCUT2D eigenvalue weighted by atomic mass is 10.3. The molecule has 0 unspecified atom stereocenters. The zero-order chi connectivity index (χ0) is 13.7. The van der Waals surface area contributed by atoms with Crippen LogP contribution in [-0.4, -0.2) is 33.7 Å². The Hall–Kier alpha value is -1.85. The van der Waals surface area contributed by atoms with Gasteiger partial charge in [-0.25, -0.2) is 4.98 Å². The number of carbonyl (C=O) groups is 1. The van der Waals surface area contributed by atoms with E-state index in [1.54, 1.807) is 21.9 Å². The molecular formula is C12H19N3O3. The number of aliphatic carboxylic acids is 1. The van der Waals surface area contributed by atoms with E-state index in [1.165, 1.54) is 0 Å². The van der Waals surface area contributed by atoms with Crippen molar-refractivity contribution in [1.29, 1.82) is 0 Å². The van der Waals surface area contributed by atoms with Gasteiger partial charge in [0.2, 0.25) is 0 Å². The Bertz CT molecular complexity index is 468. The molecule has 1 aromatic rings. The Morgan fingerprint density at radius 3 is 2.72 bits per heavy atom. The van der Waals surface area contributed by atoms with Crippen molar-refractivity contribution in [2.45, 2.75) is 33.2 Å². The second-order valence-corrected chi connectivity index (χ2v) is 4.28. The second kappa shape index (κ2) is 6.18. The molecule has 0 atom stereocenters. The zero-order valence-corrected chi connectivity index (χ0v) is 11.0. The van der Waals surface area contributed by atoms with Crippen LogP contribution in [-0.2, 0) is 4.79 Å². The van der Waals surface area contributed by atoms with Crippen molar-refractivity contribution >= 4 is 11.8 Å². The van der Waals surface area contributed by atoms with Crippen LogP contribution < -0.4 is 10.5 Å². The summed E-state index contributed by atoms with van der Waals surface area (Å²) in [6.45, 7) is 6.54. The fourth-order valence-corrected chi connectivity index (χ4v) is 1.68. The molecule has 0 amide bonds. The number of aromatic nitrogens is 2. The number of hydrogen-bond donors (Lipinski definition) is 1. The third kappa shape index (κ3) is 3.32. The van der Waals surface area contributed by atoms with Crippen molar-refractivity contribution in [3.63, 3.8) is 0 Å². The summed E-state index contributed by atoms with van der Waals surface area (Å²) in [7, 11) is 0. The summed E-state index contributed by atoms with van der Waals surface area (Å²) in [5, 5.41) is 8.69. The molecule has 0 radical (unpaired) electrons. The quantitative estimate of drug-likeness (QED) is 0.822. The topological polar surface area (TPSA) is 75.4 Å². The van der Waals surface area contributed by atoms with Gasteiger partial charge in [-0.3, -0.25) is 9.59 Å². The summed E-state index contributed by atoms with van der Waals surface area (Å²) < 4.78 is 1.59. The van der Waals surface area contributed by atoms with E-state index in [1.807, 2.05) is 20.8 Å². The summed E-state index contributed by atoms with van der Waals surface area (Å²) >= 11 is 0. The van der Waals surface area contributed by atoms with E-state index >= 15 is 0 Å². The summed E-state index contributed by atoms with van der Waals surface area (Å²) in [6.07, 6.45) is 3.20. The molecule has 0 aliphatic carbocycles. The number of nitrogens with zero attached hydrogens (tertiary/aromatic N) is 3. The maximum absolute atomic E-state index is 12.2. The number of hydrogen-bond acceptors (Lipinski definition) is 4. The molecule has 1 aromatic heterocycles. The van der Waals surface area contributed by atoms with Gasteiger partial charge in [0.1, 0.15) is 0 Å². The Balaban J connectivity index is 3.03. The van der Waals surface area contributed by atoms with Crippen LogP contribution in [0.3, 0.4) is 0 Å². The van der Waals surface area contributed by atoms with E-state index in [0.29, 0.717) is 12.4 Å². The monoisotopic (exact) mass is 253 g/mol. The molecule has 1 N–H and O–H groups in total. The highest BCUT2D eigenvalue weighted by atomic mass is 16.4. The van der Waals surface area contributed by atoms with Crippen molar-refractivity contribution in [1.82, 2.24) is 9.55 Å². The molecule has 0 bridgehead atoms. The number of anilines is 1. The fraction of sp³-hybridized carbons (Fsp3) is 0.583. The van der Waals surface area contributed by atoms with Gasteiger partial charge in [-0.05, 0) is 20.8 Å². The third-order valence-electron chi connectivity index (χ3n) is 2.68. The lowest BCUT2D eigenvalue weighted by Gasteiger charge is -2.21. The Morgan fingerprint density at radius 2 is 2.22 bits per heavy atom. The van der Waals surface area contributed by atoms with E-state index in [-0.39, 0.29) is 24.6 Å². The van der Waals surface area contributed by atoms with Gasteiger partial charge in [0.25, 0.3) is 5.56 Å². The maximum Gasteiger partial charge on any atom is 0.305 e. The first-order valence-corrected chi connectivity index (χ1v) is 6.01. The fourth-order valence-electron chi connectivity index (χ4n) is 1.68. The molecule has 6 nitrogen and oxygen atoms in total. The number of rotatable bonds is 6. The maximum atomic E-state index is 12.2. The van der Waals surface area contributed by atoms with Gasteiger partial charge in [-0.1, -0.05) is 0 Å². The molecular weight excluding hydrogens is 234 g/mol. The molecule has 1 rings (SSSR count). The number of carboxylic acids is 1. The van der Waals surface area contributed by atoms with Gasteiger partial charge in [0.15, 0.2) is 5.82 Å². The summed E-state index contributed by atoms with van der Waals surface area (Å²) in [4.78, 5) is 28.5. The van der Waals surface area contributed by atoms with Gasteiger partial charge < -0.3 is 14.6 Å². The Labute approximate surface area is 106 Å². The lowest BCUT2D eigenvalue weighted by molar-refractivity contribution is -0.136. The van der Waals surface area contributed by atoms with Crippen LogP contribution in [0.2, 0.25) is 0 Å². The minimum atomic E-state index is -0.881. The van der Waals surface area contributed by atoms with Crippen molar-refractivity contribution in [3.05, 3.63) is 22.7 Å². The molecule has 0 saturated carbocycles. The lowest BCUT2D eigenvalue weighted by Crippen LogP contribution is -2.35. The molecule has 0 aromatic carbocycles. The minimum absolute atomic E-state index is 0.00840. The molecule has 18 heavy (non-hydrogen) atoms. The van der Waals surface area contributed by atoms with Crippen LogP contribution in [0.4, 0.5) is 5.82 Å². The normalized spacial score (nSPS) is 10.7. The molecule has 0 spiro atoms. The van der Waals surface area contributed by atoms with Gasteiger partial charge >= 0.3 is 5.97 Å². The van der Waals surface area contributed by atoms with Crippen LogP contribution in [0, 0.1) is 0 Å². The van der Waals surface area contributed by atoms with Gasteiger partial charge in [0.05, 0.1) is 6.42 Å². The van der Waals surface area contributed by atoms with Crippen molar-refractivity contribution in [2.75, 3.05) is 18.0 Å². The predicted octanol–water partition coefficient (Wildman–Crippen LogP) is 1.13. The van der Waals surface area contributed by atoms with E-state index in [0.717, 1.165) is 0 Å². The summed E-state index contributed by atoms with van der Waals surface area (Å²) in [5.74, 6) is -0.566. The average Bonchev–Trinajstić information content (AvgIpc) is 2.31. The van der Waals surface area contributed by atoms with E-state index in [2.05, 4.69) is 4.98 Å². The standard InChI is InChI=1S/C12H19N3O3/c1-4-14(7-5-10(16)17)11-12(18)15(9(2)3)8-6-13-11/h6,8-9H,4-5,7H2,1-3H3,(H,16,17). The zero-order valence-electron chi connectivity index (χ0n) is 11.0. The second-order valence-electron chi connectivity index (χ2n) is 4.28. The van der Waals surface area contributed by atoms with E-state index in [4.69, 9.17) is 5.11 Å². The largest absolute Gasteiger partial charge is 0.481 e. The Morgan fingerprint density at radius 1 is 1.56 bits per heavy atom. The Kier molecular flexibility index (Phi) is 4.88. The smallest absolute Gasteiger partial charge is 0.305 e. The first-order chi connectivity index (χ1) is 8.47. The van der Waals surface area contributed by atoms with E-state index in [9.17, 15) is 9.59 Å². The van der Waals surface area contributed by atoms with Crippen LogP contribution in [0.5, 0.6) is 0 Å². The molecule has 0 aliphatic heterocycles. The molecule has 0 aliphatic rings. The van der Waals surface area contributed by atoms with Crippen LogP contribution >= 0.6 is 0 Å². The van der Waals surface area contributed by atoms with Gasteiger partial charge in [-0.2, -0.15) is 0 Å². The molecule has 0 fully saturated rings. The number of carboxylic acid groups (broad SMARTS) is 1. The SMILES string of the molecule is CCN(CCC(=O)O)c1nccn(C(C)C)c1=O. The average molecular weight is 253 g/mol. The molecule has 1 heterocycles. The highest BCUT2D eigenvalue weighted by molar-refractivity contribution is 5.67. The first kappa shape index (κ1) is 14.2. The molecule has 6 heteroatoms. The van der Waals surface area contributed by atoms with Crippen molar-refractivity contribution in [2.24, 2.45) is 0 Å². The predicted molar refractivity (Wildman–Crippen MR) is 69.0 cm³/mol. The highest BCUT2D eigenvalue weighted by Gasteiger charge is 2.14. The van der Waals surface area contributed by atoms with Crippen molar-refractivity contribution < 1.29 is 9.90 Å². The summed E-state index contributed by atoms with van der Waals surface area (Å²) in [6, 6.07) is 0.0532. The molecule has 100 valence electrons. The minimum Gasteiger partial charge on any atom is -0.481 e. The molecule has 0 saturated heterocycles. The first-order valence-electron chi connectivity index (χ1n) is 6.01. The van der Waals surface area contributed by atoms with Crippen molar-refractivity contribution in [3.8, 4) is 0 Å². The highest BCUT2D eigenvalue weighted by Crippen LogP contribution is 2.07.